The molecule has 1 heterocycles. The van der Waals surface area contributed by atoms with Gasteiger partial charge in [0.2, 0.25) is 11.8 Å². The first-order valence-corrected chi connectivity index (χ1v) is 10.7. The van der Waals surface area contributed by atoms with Crippen LogP contribution in [0.2, 0.25) is 0 Å². The van der Waals surface area contributed by atoms with Crippen LogP contribution < -0.4 is 10.6 Å². The maximum Gasteiger partial charge on any atom is 0.234 e. The molecule has 7 nitrogen and oxygen atoms in total. The molecule has 3 rings (SSSR count). The van der Waals surface area contributed by atoms with E-state index in [0.717, 1.165) is 16.9 Å². The monoisotopic (exact) mass is 423 g/mol. The summed E-state index contributed by atoms with van der Waals surface area (Å²) < 4.78 is 1.74. The third-order valence-electron chi connectivity index (χ3n) is 4.49. The van der Waals surface area contributed by atoms with Crippen LogP contribution in [0.4, 0.5) is 11.4 Å². The van der Waals surface area contributed by atoms with Crippen molar-refractivity contribution in [1.82, 2.24) is 14.8 Å². The summed E-state index contributed by atoms with van der Waals surface area (Å²) in [5, 5.41) is 14.6. The highest BCUT2D eigenvalue weighted by molar-refractivity contribution is 7.99. The SMILES string of the molecule is CC(C)c1ccccc1NC(=O)CSc1nnc(CC(=O)Nc2ccccc2)n1C. The Kier molecular flexibility index (Phi) is 7.24. The van der Waals surface area contributed by atoms with Crippen molar-refractivity contribution in [1.29, 1.82) is 0 Å². The summed E-state index contributed by atoms with van der Waals surface area (Å²) in [4.78, 5) is 24.6. The number of carbonyl (C=O) groups excluding carboxylic acids is 2. The molecule has 2 aromatic carbocycles. The van der Waals surface area contributed by atoms with E-state index >= 15 is 0 Å². The van der Waals surface area contributed by atoms with Crippen LogP contribution in [0.15, 0.2) is 59.8 Å². The van der Waals surface area contributed by atoms with Crippen molar-refractivity contribution in [3.8, 4) is 0 Å². The molecule has 0 bridgehead atoms. The van der Waals surface area contributed by atoms with Crippen LogP contribution in [0, 0.1) is 0 Å². The first-order valence-electron chi connectivity index (χ1n) is 9.68. The van der Waals surface area contributed by atoms with Crippen LogP contribution in [-0.4, -0.2) is 32.3 Å². The van der Waals surface area contributed by atoms with Gasteiger partial charge in [-0.3, -0.25) is 9.59 Å². The molecular weight excluding hydrogens is 398 g/mol. The van der Waals surface area contributed by atoms with Crippen molar-refractivity contribution < 1.29 is 9.59 Å². The minimum Gasteiger partial charge on any atom is -0.326 e. The molecule has 0 spiro atoms. The summed E-state index contributed by atoms with van der Waals surface area (Å²) in [5.74, 6) is 0.777. The molecule has 2 amide bonds. The second-order valence-electron chi connectivity index (χ2n) is 7.13. The maximum absolute atomic E-state index is 12.4. The zero-order chi connectivity index (χ0) is 21.5. The molecular formula is C22H25N5O2S. The number of carbonyl (C=O) groups is 2. The Morgan fingerprint density at radius 1 is 0.967 bits per heavy atom. The Hall–Kier alpha value is -3.13. The van der Waals surface area contributed by atoms with Gasteiger partial charge in [0.05, 0.1) is 12.2 Å². The number of hydrogen-bond donors (Lipinski definition) is 2. The molecule has 2 N–H and O–H groups in total. The molecule has 8 heteroatoms. The molecule has 1 aromatic heterocycles. The van der Waals surface area contributed by atoms with E-state index in [4.69, 9.17) is 0 Å². The van der Waals surface area contributed by atoms with E-state index in [-0.39, 0.29) is 24.0 Å². The molecule has 0 aliphatic rings. The highest BCUT2D eigenvalue weighted by Gasteiger charge is 2.15. The fourth-order valence-electron chi connectivity index (χ4n) is 2.93. The highest BCUT2D eigenvalue weighted by atomic mass is 32.2. The lowest BCUT2D eigenvalue weighted by atomic mass is 10.0. The fourth-order valence-corrected chi connectivity index (χ4v) is 3.66. The Labute approximate surface area is 180 Å². The lowest BCUT2D eigenvalue weighted by Crippen LogP contribution is -2.17. The van der Waals surface area contributed by atoms with Gasteiger partial charge < -0.3 is 15.2 Å². The summed E-state index contributed by atoms with van der Waals surface area (Å²) in [6.45, 7) is 4.18. The molecule has 0 saturated heterocycles. The molecule has 156 valence electrons. The molecule has 0 atom stereocenters. The van der Waals surface area contributed by atoms with Gasteiger partial charge in [-0.05, 0) is 29.7 Å². The van der Waals surface area contributed by atoms with E-state index in [1.165, 1.54) is 11.8 Å². The van der Waals surface area contributed by atoms with Crippen molar-refractivity contribution in [2.75, 3.05) is 16.4 Å². The first kappa shape index (κ1) is 21.6. The lowest BCUT2D eigenvalue weighted by molar-refractivity contribution is -0.116. The summed E-state index contributed by atoms with van der Waals surface area (Å²) in [6, 6.07) is 17.1. The molecule has 0 aliphatic heterocycles. The third kappa shape index (κ3) is 5.70. The van der Waals surface area contributed by atoms with Crippen LogP contribution in [0.25, 0.3) is 0 Å². The predicted octanol–water partition coefficient (Wildman–Crippen LogP) is 3.85. The largest absolute Gasteiger partial charge is 0.326 e. The Morgan fingerprint density at radius 3 is 2.40 bits per heavy atom. The van der Waals surface area contributed by atoms with Gasteiger partial charge in [-0.25, -0.2) is 0 Å². The topological polar surface area (TPSA) is 88.9 Å². The minimum atomic E-state index is -0.170. The van der Waals surface area contributed by atoms with E-state index in [0.29, 0.717) is 16.9 Å². The van der Waals surface area contributed by atoms with Crippen molar-refractivity contribution in [2.24, 2.45) is 7.05 Å². The number of nitrogens with zero attached hydrogens (tertiary/aromatic N) is 3. The number of benzene rings is 2. The van der Waals surface area contributed by atoms with E-state index in [9.17, 15) is 9.59 Å². The van der Waals surface area contributed by atoms with E-state index in [1.54, 1.807) is 11.6 Å². The number of para-hydroxylation sites is 2. The van der Waals surface area contributed by atoms with Gasteiger partial charge in [0.25, 0.3) is 0 Å². The van der Waals surface area contributed by atoms with Crippen molar-refractivity contribution in [2.45, 2.75) is 31.3 Å². The standard InChI is InChI=1S/C22H25N5O2S/c1-15(2)17-11-7-8-12-18(17)24-21(29)14-30-22-26-25-19(27(22)3)13-20(28)23-16-9-5-4-6-10-16/h4-12,15H,13-14H2,1-3H3,(H,23,28)(H,24,29). The predicted molar refractivity (Wildman–Crippen MR) is 120 cm³/mol. The van der Waals surface area contributed by atoms with Crippen LogP contribution >= 0.6 is 11.8 Å². The van der Waals surface area contributed by atoms with Crippen molar-refractivity contribution in [3.05, 3.63) is 66.0 Å². The molecule has 0 fully saturated rings. The van der Waals surface area contributed by atoms with Crippen LogP contribution in [-0.2, 0) is 23.1 Å². The fraction of sp³-hybridized carbons (Fsp3) is 0.273. The van der Waals surface area contributed by atoms with E-state index < -0.39 is 0 Å². The molecule has 0 saturated carbocycles. The van der Waals surface area contributed by atoms with Crippen molar-refractivity contribution >= 4 is 35.0 Å². The third-order valence-corrected chi connectivity index (χ3v) is 5.51. The van der Waals surface area contributed by atoms with Gasteiger partial charge in [-0.1, -0.05) is 62.0 Å². The normalized spacial score (nSPS) is 10.8. The minimum absolute atomic E-state index is 0.104. The van der Waals surface area contributed by atoms with Crippen LogP contribution in [0.3, 0.4) is 0 Å². The number of rotatable bonds is 8. The second kappa shape index (κ2) is 10.1. The quantitative estimate of drug-likeness (QED) is 0.537. The Bertz CT molecular complexity index is 1020. The highest BCUT2D eigenvalue weighted by Crippen LogP contribution is 2.24. The first-order chi connectivity index (χ1) is 14.4. The van der Waals surface area contributed by atoms with Gasteiger partial charge in [-0.15, -0.1) is 10.2 Å². The lowest BCUT2D eigenvalue weighted by Gasteiger charge is -2.13. The Morgan fingerprint density at radius 2 is 1.67 bits per heavy atom. The second-order valence-corrected chi connectivity index (χ2v) is 8.07. The zero-order valence-electron chi connectivity index (χ0n) is 17.3. The molecule has 3 aromatic rings. The average molecular weight is 424 g/mol. The smallest absolute Gasteiger partial charge is 0.234 e. The number of thioether (sulfide) groups is 1. The number of aromatic nitrogens is 3. The molecule has 0 aliphatic carbocycles. The number of nitrogens with one attached hydrogen (secondary N) is 2. The number of hydrogen-bond acceptors (Lipinski definition) is 5. The van der Waals surface area contributed by atoms with E-state index in [2.05, 4.69) is 34.7 Å². The summed E-state index contributed by atoms with van der Waals surface area (Å²) >= 11 is 1.29. The summed E-state index contributed by atoms with van der Waals surface area (Å²) in [5.41, 5.74) is 2.66. The number of amides is 2. The molecule has 30 heavy (non-hydrogen) atoms. The van der Waals surface area contributed by atoms with Gasteiger partial charge >= 0.3 is 0 Å². The van der Waals surface area contributed by atoms with Gasteiger partial charge in [-0.2, -0.15) is 0 Å². The van der Waals surface area contributed by atoms with Gasteiger partial charge in [0.15, 0.2) is 5.16 Å². The van der Waals surface area contributed by atoms with E-state index in [1.807, 2.05) is 54.6 Å². The number of anilines is 2. The van der Waals surface area contributed by atoms with Gasteiger partial charge in [0, 0.05) is 18.4 Å². The zero-order valence-corrected chi connectivity index (χ0v) is 18.1. The maximum atomic E-state index is 12.4. The Balaban J connectivity index is 1.55. The summed E-state index contributed by atoms with van der Waals surface area (Å²) in [7, 11) is 1.79. The summed E-state index contributed by atoms with van der Waals surface area (Å²) in [6.07, 6.45) is 0.104. The van der Waals surface area contributed by atoms with Gasteiger partial charge in [0.1, 0.15) is 5.82 Å². The van der Waals surface area contributed by atoms with Crippen molar-refractivity contribution in [3.63, 3.8) is 0 Å². The van der Waals surface area contributed by atoms with Crippen LogP contribution in [0.5, 0.6) is 0 Å². The average Bonchev–Trinajstić information content (AvgIpc) is 3.06. The van der Waals surface area contributed by atoms with Crippen LogP contribution in [0.1, 0.15) is 31.2 Å². The molecule has 0 unspecified atom stereocenters. The molecule has 0 radical (unpaired) electrons.